The highest BCUT2D eigenvalue weighted by molar-refractivity contribution is 7.90. The zero-order valence-electron chi connectivity index (χ0n) is 14.2. The molecule has 3 rings (SSSR count). The first kappa shape index (κ1) is 18.2. The van der Waals surface area contributed by atoms with E-state index in [1.54, 1.807) is 18.5 Å². The molecule has 138 valence electrons. The molecule has 0 aliphatic carbocycles. The summed E-state index contributed by atoms with van der Waals surface area (Å²) < 4.78 is 37.2. The Morgan fingerprint density at radius 2 is 2.04 bits per heavy atom. The van der Waals surface area contributed by atoms with Gasteiger partial charge in [-0.25, -0.2) is 22.8 Å². The molecule has 1 aliphatic rings. The number of carbonyl (C=O) groups excluding carboxylic acids is 1. The van der Waals surface area contributed by atoms with Crippen LogP contribution in [0.2, 0.25) is 0 Å². The van der Waals surface area contributed by atoms with Gasteiger partial charge in [-0.1, -0.05) is 0 Å². The summed E-state index contributed by atoms with van der Waals surface area (Å²) >= 11 is 0. The van der Waals surface area contributed by atoms with Gasteiger partial charge in [-0.15, -0.1) is 0 Å². The fourth-order valence-corrected chi connectivity index (χ4v) is 3.54. The molecule has 9 heteroatoms. The third-order valence-electron chi connectivity index (χ3n) is 4.25. The van der Waals surface area contributed by atoms with E-state index in [1.807, 2.05) is 4.90 Å². The van der Waals surface area contributed by atoms with Crippen LogP contribution in [0.5, 0.6) is 0 Å². The van der Waals surface area contributed by atoms with Crippen LogP contribution < -0.4 is 10.2 Å². The monoisotopic (exact) mass is 378 g/mol. The van der Waals surface area contributed by atoms with E-state index in [-0.39, 0.29) is 22.4 Å². The van der Waals surface area contributed by atoms with E-state index in [0.717, 1.165) is 31.4 Å². The number of hydrogen-bond donors (Lipinski definition) is 1. The lowest BCUT2D eigenvalue weighted by Gasteiger charge is -2.31. The lowest BCUT2D eigenvalue weighted by molar-refractivity contribution is -0.120. The van der Waals surface area contributed by atoms with Gasteiger partial charge in [0.1, 0.15) is 5.82 Å². The third-order valence-corrected chi connectivity index (χ3v) is 5.36. The number of nitrogens with zero attached hydrogens (tertiary/aromatic N) is 3. The Kier molecular flexibility index (Phi) is 5.17. The van der Waals surface area contributed by atoms with Crippen LogP contribution in [0.4, 0.5) is 16.0 Å². The van der Waals surface area contributed by atoms with Gasteiger partial charge in [0.2, 0.25) is 11.9 Å². The van der Waals surface area contributed by atoms with Crippen LogP contribution in [-0.4, -0.2) is 43.6 Å². The second-order valence-corrected chi connectivity index (χ2v) is 8.25. The Morgan fingerprint density at radius 1 is 1.31 bits per heavy atom. The first-order chi connectivity index (χ1) is 12.3. The summed E-state index contributed by atoms with van der Waals surface area (Å²) in [5.74, 6) is -0.843. The van der Waals surface area contributed by atoms with Gasteiger partial charge in [0.05, 0.1) is 16.5 Å². The van der Waals surface area contributed by atoms with Gasteiger partial charge in [0.25, 0.3) is 0 Å². The largest absolute Gasteiger partial charge is 0.340 e. The van der Waals surface area contributed by atoms with Gasteiger partial charge in [-0.05, 0) is 37.1 Å². The lowest BCUT2D eigenvalue weighted by Crippen LogP contribution is -2.41. The van der Waals surface area contributed by atoms with Crippen LogP contribution in [0, 0.1) is 11.7 Å². The number of rotatable bonds is 4. The first-order valence-electron chi connectivity index (χ1n) is 8.17. The quantitative estimate of drug-likeness (QED) is 0.817. The van der Waals surface area contributed by atoms with Gasteiger partial charge in [0, 0.05) is 31.7 Å². The molecule has 26 heavy (non-hydrogen) atoms. The van der Waals surface area contributed by atoms with Crippen molar-refractivity contribution < 1.29 is 17.6 Å². The smallest absolute Gasteiger partial charge is 0.229 e. The van der Waals surface area contributed by atoms with E-state index < -0.39 is 15.7 Å². The number of hydrogen-bond acceptors (Lipinski definition) is 6. The minimum atomic E-state index is -3.49. The molecular weight excluding hydrogens is 359 g/mol. The van der Waals surface area contributed by atoms with Crippen molar-refractivity contribution in [2.75, 3.05) is 29.6 Å². The number of benzene rings is 1. The van der Waals surface area contributed by atoms with E-state index in [9.17, 15) is 17.6 Å². The molecule has 1 atom stereocenters. The van der Waals surface area contributed by atoms with Gasteiger partial charge in [0.15, 0.2) is 9.84 Å². The van der Waals surface area contributed by atoms with Crippen molar-refractivity contribution >= 4 is 27.4 Å². The number of piperidine rings is 1. The molecule has 0 spiro atoms. The van der Waals surface area contributed by atoms with E-state index in [4.69, 9.17) is 0 Å². The average molecular weight is 378 g/mol. The van der Waals surface area contributed by atoms with Crippen LogP contribution >= 0.6 is 0 Å². The fourth-order valence-electron chi connectivity index (χ4n) is 2.89. The Morgan fingerprint density at radius 3 is 2.73 bits per heavy atom. The number of carbonyl (C=O) groups is 1. The van der Waals surface area contributed by atoms with Crippen molar-refractivity contribution in [2.45, 2.75) is 17.7 Å². The van der Waals surface area contributed by atoms with Gasteiger partial charge in [-0.3, -0.25) is 4.79 Å². The minimum Gasteiger partial charge on any atom is -0.340 e. The van der Waals surface area contributed by atoms with Crippen molar-refractivity contribution in [3.63, 3.8) is 0 Å². The molecule has 1 amide bonds. The third kappa shape index (κ3) is 4.16. The molecule has 1 aromatic carbocycles. The number of halogens is 1. The molecule has 1 aliphatic heterocycles. The summed E-state index contributed by atoms with van der Waals surface area (Å²) in [7, 11) is -3.49. The molecule has 1 aromatic heterocycles. The SMILES string of the molecule is CS(=O)(=O)c1ccc(F)c(NC(=O)C2CCCN(c3ncccn3)C2)c1. The second-order valence-electron chi connectivity index (χ2n) is 6.24. The standard InChI is InChI=1S/C17H19FN4O3S/c1-26(24,25)13-5-6-14(18)15(10-13)21-16(23)12-4-2-9-22(11-12)17-19-7-3-8-20-17/h3,5-8,10,12H,2,4,9,11H2,1H3,(H,21,23). The highest BCUT2D eigenvalue weighted by atomic mass is 32.2. The fraction of sp³-hybridized carbons (Fsp3) is 0.353. The van der Waals surface area contributed by atoms with Gasteiger partial charge in [-0.2, -0.15) is 0 Å². The topological polar surface area (TPSA) is 92.3 Å². The zero-order valence-corrected chi connectivity index (χ0v) is 15.0. The van der Waals surface area contributed by atoms with Crippen molar-refractivity contribution in [1.82, 2.24) is 9.97 Å². The molecule has 1 fully saturated rings. The minimum absolute atomic E-state index is 0.0443. The number of sulfone groups is 1. The van der Waals surface area contributed by atoms with Crippen LogP contribution in [0.3, 0.4) is 0 Å². The van der Waals surface area contributed by atoms with Crippen molar-refractivity contribution in [3.05, 3.63) is 42.5 Å². The van der Waals surface area contributed by atoms with E-state index in [2.05, 4.69) is 15.3 Å². The molecule has 1 unspecified atom stereocenters. The predicted molar refractivity (Wildman–Crippen MR) is 95.1 cm³/mol. The number of nitrogens with one attached hydrogen (secondary N) is 1. The molecule has 0 saturated carbocycles. The highest BCUT2D eigenvalue weighted by Gasteiger charge is 2.27. The average Bonchev–Trinajstić information content (AvgIpc) is 2.63. The molecule has 2 heterocycles. The maximum atomic E-state index is 14.0. The van der Waals surface area contributed by atoms with Gasteiger partial charge >= 0.3 is 0 Å². The van der Waals surface area contributed by atoms with Crippen molar-refractivity contribution in [1.29, 1.82) is 0 Å². The summed E-state index contributed by atoms with van der Waals surface area (Å²) in [5, 5.41) is 2.52. The maximum absolute atomic E-state index is 14.0. The molecular formula is C17H19FN4O3S. The zero-order chi connectivity index (χ0) is 18.7. The molecule has 2 aromatic rings. The summed E-state index contributed by atoms with van der Waals surface area (Å²) in [5.41, 5.74) is -0.133. The highest BCUT2D eigenvalue weighted by Crippen LogP contribution is 2.24. The van der Waals surface area contributed by atoms with Crippen LogP contribution in [-0.2, 0) is 14.6 Å². The Labute approximate surface area is 151 Å². The summed E-state index contributed by atoms with van der Waals surface area (Å²) in [4.78, 5) is 22.8. The van der Waals surface area contributed by atoms with E-state index in [1.165, 1.54) is 6.07 Å². The molecule has 7 nitrogen and oxygen atoms in total. The van der Waals surface area contributed by atoms with Crippen LogP contribution in [0.1, 0.15) is 12.8 Å². The summed E-state index contributed by atoms with van der Waals surface area (Å²) in [6.07, 6.45) is 5.74. The van der Waals surface area contributed by atoms with Crippen LogP contribution in [0.25, 0.3) is 0 Å². The first-order valence-corrected chi connectivity index (χ1v) is 10.1. The maximum Gasteiger partial charge on any atom is 0.229 e. The number of aromatic nitrogens is 2. The normalized spacial score (nSPS) is 17.8. The number of amides is 1. The van der Waals surface area contributed by atoms with Gasteiger partial charge < -0.3 is 10.2 Å². The molecule has 1 saturated heterocycles. The second kappa shape index (κ2) is 7.36. The van der Waals surface area contributed by atoms with Crippen molar-refractivity contribution in [2.24, 2.45) is 5.92 Å². The summed E-state index contributed by atoms with van der Waals surface area (Å²) in [6.45, 7) is 1.16. The van der Waals surface area contributed by atoms with Crippen LogP contribution in [0.15, 0.2) is 41.6 Å². The molecule has 0 bridgehead atoms. The predicted octanol–water partition coefficient (Wildman–Crippen LogP) is 1.87. The molecule has 1 N–H and O–H groups in total. The lowest BCUT2D eigenvalue weighted by atomic mass is 9.97. The Bertz CT molecular complexity index is 905. The summed E-state index contributed by atoms with van der Waals surface area (Å²) in [6, 6.07) is 5.07. The van der Waals surface area contributed by atoms with E-state index >= 15 is 0 Å². The van der Waals surface area contributed by atoms with E-state index in [0.29, 0.717) is 18.9 Å². The molecule has 0 radical (unpaired) electrons. The number of anilines is 2. The Balaban J connectivity index is 1.74. The van der Waals surface area contributed by atoms with Crippen molar-refractivity contribution in [3.8, 4) is 0 Å². The Hall–Kier alpha value is -2.55.